The van der Waals surface area contributed by atoms with Gasteiger partial charge in [0.05, 0.1) is 11.8 Å². The predicted octanol–water partition coefficient (Wildman–Crippen LogP) is 3.30. The number of nitrogens with zero attached hydrogens (tertiary/aromatic N) is 2. The van der Waals surface area contributed by atoms with Crippen LogP contribution in [0.1, 0.15) is 25.2 Å². The Morgan fingerprint density at radius 1 is 1.33 bits per heavy atom. The highest BCUT2D eigenvalue weighted by Gasteiger charge is 2.13. The van der Waals surface area contributed by atoms with E-state index in [1.165, 1.54) is 17.8 Å². The molecule has 0 saturated heterocycles. The van der Waals surface area contributed by atoms with Crippen molar-refractivity contribution in [1.29, 1.82) is 0 Å². The van der Waals surface area contributed by atoms with Crippen molar-refractivity contribution in [2.45, 2.75) is 44.2 Å². The highest BCUT2D eigenvalue weighted by atomic mass is 32.2. The van der Waals surface area contributed by atoms with E-state index in [4.69, 9.17) is 0 Å². The molecule has 21 heavy (non-hydrogen) atoms. The van der Waals surface area contributed by atoms with E-state index in [2.05, 4.69) is 12.0 Å². The maximum Gasteiger partial charge on any atom is 0.136 e. The van der Waals surface area contributed by atoms with Gasteiger partial charge >= 0.3 is 0 Å². The first kappa shape index (κ1) is 16.0. The Balaban J connectivity index is 1.94. The minimum atomic E-state index is -0.513. The molecule has 0 fully saturated rings. The lowest BCUT2D eigenvalue weighted by molar-refractivity contribution is 0.197. The van der Waals surface area contributed by atoms with E-state index in [1.807, 2.05) is 17.7 Å². The normalized spacial score (nSPS) is 12.6. The van der Waals surface area contributed by atoms with E-state index in [1.54, 1.807) is 18.2 Å². The minimum absolute atomic E-state index is 0.235. The van der Waals surface area contributed by atoms with Crippen molar-refractivity contribution in [2.75, 3.05) is 5.75 Å². The number of aliphatic hydroxyl groups is 1. The molecule has 1 aromatic heterocycles. The molecule has 0 aliphatic carbocycles. The van der Waals surface area contributed by atoms with Gasteiger partial charge in [-0.1, -0.05) is 19.1 Å². The Kier molecular flexibility index (Phi) is 5.82. The van der Waals surface area contributed by atoms with Gasteiger partial charge in [-0.25, -0.2) is 4.39 Å². The summed E-state index contributed by atoms with van der Waals surface area (Å²) >= 11 is 1.35. The summed E-state index contributed by atoms with van der Waals surface area (Å²) in [5.41, 5.74) is 2.08. The first-order chi connectivity index (χ1) is 10.1. The zero-order chi connectivity index (χ0) is 15.2. The fourth-order valence-corrected chi connectivity index (χ4v) is 3.04. The average molecular weight is 308 g/mol. The second kappa shape index (κ2) is 7.61. The third kappa shape index (κ3) is 4.32. The highest BCUT2D eigenvalue weighted by molar-refractivity contribution is 7.99. The van der Waals surface area contributed by atoms with Crippen molar-refractivity contribution >= 4 is 11.8 Å². The molecule has 0 aliphatic rings. The van der Waals surface area contributed by atoms with Crippen LogP contribution in [0.2, 0.25) is 0 Å². The molecule has 3 nitrogen and oxygen atoms in total. The second-order valence-electron chi connectivity index (χ2n) is 4.90. The number of halogens is 1. The van der Waals surface area contributed by atoms with Crippen LogP contribution in [0, 0.1) is 5.82 Å². The molecule has 5 heteroatoms. The fourth-order valence-electron chi connectivity index (χ4n) is 2.17. The zero-order valence-corrected chi connectivity index (χ0v) is 13.2. The molecule has 0 spiro atoms. The number of thioether (sulfide) groups is 1. The van der Waals surface area contributed by atoms with E-state index in [-0.39, 0.29) is 5.82 Å². The van der Waals surface area contributed by atoms with Crippen LogP contribution >= 0.6 is 11.8 Å². The van der Waals surface area contributed by atoms with Crippen LogP contribution in [0.25, 0.3) is 0 Å². The molecule has 2 rings (SSSR count). The van der Waals surface area contributed by atoms with Gasteiger partial charge in [0.2, 0.25) is 0 Å². The Labute approximate surface area is 129 Å². The van der Waals surface area contributed by atoms with Gasteiger partial charge in [-0.2, -0.15) is 5.10 Å². The van der Waals surface area contributed by atoms with Crippen LogP contribution in [0.3, 0.4) is 0 Å². The molecule has 1 unspecified atom stereocenters. The summed E-state index contributed by atoms with van der Waals surface area (Å²) in [5, 5.41) is 14.6. The maximum atomic E-state index is 13.5. The Morgan fingerprint density at radius 3 is 2.76 bits per heavy atom. The number of hydrogen-bond donors (Lipinski definition) is 1. The van der Waals surface area contributed by atoms with Gasteiger partial charge in [-0.15, -0.1) is 11.8 Å². The van der Waals surface area contributed by atoms with Gasteiger partial charge in [0.25, 0.3) is 0 Å². The van der Waals surface area contributed by atoms with Gasteiger partial charge in [-0.3, -0.25) is 4.68 Å². The Hall–Kier alpha value is -1.33. The van der Waals surface area contributed by atoms with Crippen molar-refractivity contribution in [3.8, 4) is 0 Å². The molecule has 114 valence electrons. The van der Waals surface area contributed by atoms with Crippen molar-refractivity contribution in [2.24, 2.45) is 0 Å². The van der Waals surface area contributed by atoms with Gasteiger partial charge in [0, 0.05) is 29.3 Å². The van der Waals surface area contributed by atoms with E-state index in [9.17, 15) is 9.50 Å². The van der Waals surface area contributed by atoms with Crippen molar-refractivity contribution < 1.29 is 9.50 Å². The van der Waals surface area contributed by atoms with Crippen LogP contribution in [-0.2, 0) is 19.4 Å². The first-order valence-electron chi connectivity index (χ1n) is 7.25. The molecular weight excluding hydrogens is 287 g/mol. The van der Waals surface area contributed by atoms with Gasteiger partial charge in [0.15, 0.2) is 0 Å². The third-order valence-corrected chi connectivity index (χ3v) is 4.48. The van der Waals surface area contributed by atoms with Crippen LogP contribution in [0.5, 0.6) is 0 Å². The lowest BCUT2D eigenvalue weighted by atomic mass is 10.2. The summed E-state index contributed by atoms with van der Waals surface area (Å²) in [6.45, 7) is 4.90. The van der Waals surface area contributed by atoms with Gasteiger partial charge in [-0.05, 0) is 31.5 Å². The first-order valence-corrected chi connectivity index (χ1v) is 8.23. The minimum Gasteiger partial charge on any atom is -0.392 e. The van der Waals surface area contributed by atoms with Crippen LogP contribution in [-0.4, -0.2) is 26.7 Å². The highest BCUT2D eigenvalue weighted by Crippen LogP contribution is 2.22. The molecule has 0 radical (unpaired) electrons. The second-order valence-corrected chi connectivity index (χ2v) is 5.96. The number of aromatic nitrogens is 2. The Bertz CT molecular complexity index is 585. The van der Waals surface area contributed by atoms with E-state index in [0.717, 1.165) is 24.4 Å². The third-order valence-electron chi connectivity index (χ3n) is 3.29. The lowest BCUT2D eigenvalue weighted by Crippen LogP contribution is -2.16. The lowest BCUT2D eigenvalue weighted by Gasteiger charge is -2.11. The Morgan fingerprint density at radius 2 is 2.10 bits per heavy atom. The quantitative estimate of drug-likeness (QED) is 0.798. The smallest absolute Gasteiger partial charge is 0.136 e. The monoisotopic (exact) mass is 308 g/mol. The molecular formula is C16H21FN2OS. The van der Waals surface area contributed by atoms with E-state index < -0.39 is 6.10 Å². The summed E-state index contributed by atoms with van der Waals surface area (Å²) in [7, 11) is 0. The summed E-state index contributed by atoms with van der Waals surface area (Å²) < 4.78 is 15.4. The summed E-state index contributed by atoms with van der Waals surface area (Å²) in [6, 6.07) is 8.69. The zero-order valence-electron chi connectivity index (χ0n) is 12.4. The molecule has 1 atom stereocenters. The number of aryl methyl sites for hydroxylation is 2. The molecule has 2 aromatic rings. The molecule has 1 N–H and O–H groups in total. The summed E-state index contributed by atoms with van der Waals surface area (Å²) in [6.07, 6.45) is 0.920. The van der Waals surface area contributed by atoms with Crippen LogP contribution < -0.4 is 0 Å². The fraction of sp³-hybridized carbons (Fsp3) is 0.438. The van der Waals surface area contributed by atoms with E-state index >= 15 is 0 Å². The average Bonchev–Trinajstić information content (AvgIpc) is 2.88. The number of aliphatic hydroxyl groups excluding tert-OH is 1. The molecule has 0 saturated carbocycles. The topological polar surface area (TPSA) is 38.0 Å². The number of rotatable bonds is 7. The van der Waals surface area contributed by atoms with Crippen molar-refractivity contribution in [1.82, 2.24) is 9.78 Å². The van der Waals surface area contributed by atoms with E-state index in [0.29, 0.717) is 17.1 Å². The standard InChI is InChI=1S/C16H21FN2OS/c1-3-12-9-13(19(4-2)18-12)10-14(20)11-21-16-8-6-5-7-15(16)17/h5-9,14,20H,3-4,10-11H2,1-2H3. The van der Waals surface area contributed by atoms with Gasteiger partial charge < -0.3 is 5.11 Å². The van der Waals surface area contributed by atoms with Crippen molar-refractivity contribution in [3.05, 3.63) is 47.5 Å². The van der Waals surface area contributed by atoms with Gasteiger partial charge in [0.1, 0.15) is 5.82 Å². The maximum absolute atomic E-state index is 13.5. The molecule has 1 heterocycles. The van der Waals surface area contributed by atoms with Crippen LogP contribution in [0.4, 0.5) is 4.39 Å². The predicted molar refractivity (Wildman–Crippen MR) is 84.1 cm³/mol. The molecule has 1 aromatic carbocycles. The van der Waals surface area contributed by atoms with Crippen molar-refractivity contribution in [3.63, 3.8) is 0 Å². The largest absolute Gasteiger partial charge is 0.392 e. The molecule has 0 aliphatic heterocycles. The summed E-state index contributed by atoms with van der Waals surface area (Å²) in [5.74, 6) is 0.235. The number of hydrogen-bond acceptors (Lipinski definition) is 3. The number of benzene rings is 1. The molecule has 0 bridgehead atoms. The summed E-state index contributed by atoms with van der Waals surface area (Å²) in [4.78, 5) is 0.579. The van der Waals surface area contributed by atoms with Crippen LogP contribution in [0.15, 0.2) is 35.2 Å². The molecule has 0 amide bonds. The SMILES string of the molecule is CCc1cc(CC(O)CSc2ccccc2F)n(CC)n1.